The predicted octanol–water partition coefficient (Wildman–Crippen LogP) is 3.99. The lowest BCUT2D eigenvalue weighted by Gasteiger charge is -2.12. The molecule has 0 radical (unpaired) electrons. The van der Waals surface area contributed by atoms with E-state index in [0.717, 1.165) is 11.3 Å². The van der Waals surface area contributed by atoms with Crippen molar-refractivity contribution in [3.8, 4) is 0 Å². The molecule has 2 rings (SSSR count). The molecule has 0 saturated heterocycles. The lowest BCUT2D eigenvalue weighted by molar-refractivity contribution is 0.252. The minimum absolute atomic E-state index is 0.145. The van der Waals surface area contributed by atoms with Crippen molar-refractivity contribution < 1.29 is 9.32 Å². The van der Waals surface area contributed by atoms with Crippen molar-refractivity contribution in [2.45, 2.75) is 32.6 Å². The number of anilines is 1. The number of carbonyl (C=O) groups excluding carboxylic acids is 1. The molecule has 0 aliphatic heterocycles. The molecule has 1 aromatic carbocycles. The molecule has 0 atom stereocenters. The lowest BCUT2D eigenvalue weighted by atomic mass is 9.93. The molecule has 118 valence electrons. The zero-order valence-corrected chi connectivity index (χ0v) is 13.7. The van der Waals surface area contributed by atoms with Gasteiger partial charge in [-0.15, -0.1) is 0 Å². The Kier molecular flexibility index (Phi) is 5.08. The van der Waals surface area contributed by atoms with E-state index < -0.39 is 0 Å². The first-order chi connectivity index (χ1) is 10.4. The first-order valence-corrected chi connectivity index (χ1v) is 7.49. The number of urea groups is 1. The monoisotopic (exact) mass is 321 g/mol. The van der Waals surface area contributed by atoms with Crippen LogP contribution in [0.2, 0.25) is 5.02 Å². The van der Waals surface area contributed by atoms with Crippen LogP contribution in [0, 0.1) is 0 Å². The Hall–Kier alpha value is -2.01. The van der Waals surface area contributed by atoms with Gasteiger partial charge < -0.3 is 9.84 Å². The van der Waals surface area contributed by atoms with Crippen molar-refractivity contribution in [2.24, 2.45) is 0 Å². The Morgan fingerprint density at radius 1 is 1.32 bits per heavy atom. The summed E-state index contributed by atoms with van der Waals surface area (Å²) in [6, 6.07) is 8.98. The largest absolute Gasteiger partial charge is 0.359 e. The Morgan fingerprint density at radius 2 is 2.05 bits per heavy atom. The van der Waals surface area contributed by atoms with Gasteiger partial charge >= 0.3 is 6.03 Å². The normalized spacial score (nSPS) is 11.3. The van der Waals surface area contributed by atoms with Crippen LogP contribution in [0.1, 0.15) is 32.1 Å². The van der Waals surface area contributed by atoms with Gasteiger partial charge in [0.05, 0.1) is 0 Å². The summed E-state index contributed by atoms with van der Waals surface area (Å²) in [5, 5.41) is 9.95. The van der Waals surface area contributed by atoms with E-state index in [0.29, 0.717) is 23.8 Å². The summed E-state index contributed by atoms with van der Waals surface area (Å²) >= 11 is 6.06. The third-order valence-electron chi connectivity index (χ3n) is 3.13. The van der Waals surface area contributed by atoms with Crippen LogP contribution in [0.25, 0.3) is 0 Å². The van der Waals surface area contributed by atoms with Crippen LogP contribution < -0.4 is 10.6 Å². The van der Waals surface area contributed by atoms with Gasteiger partial charge in [0, 0.05) is 23.0 Å². The second-order valence-electron chi connectivity index (χ2n) is 6.05. The molecule has 0 saturated carbocycles. The maximum atomic E-state index is 11.8. The molecule has 1 aromatic heterocycles. The highest BCUT2D eigenvalue weighted by Gasteiger charge is 2.20. The quantitative estimate of drug-likeness (QED) is 0.894. The summed E-state index contributed by atoms with van der Waals surface area (Å²) in [7, 11) is 0. The number of nitrogens with one attached hydrogen (secondary N) is 2. The van der Waals surface area contributed by atoms with Crippen LogP contribution in [0.4, 0.5) is 10.6 Å². The van der Waals surface area contributed by atoms with E-state index in [9.17, 15) is 4.79 Å². The molecular weight excluding hydrogens is 302 g/mol. The fraction of sp³-hybridized carbons (Fsp3) is 0.375. The van der Waals surface area contributed by atoms with E-state index in [2.05, 4.69) is 15.8 Å². The second-order valence-corrected chi connectivity index (χ2v) is 6.46. The van der Waals surface area contributed by atoms with Crippen LogP contribution in [0.15, 0.2) is 34.9 Å². The van der Waals surface area contributed by atoms with Crippen LogP contribution in [-0.2, 0) is 11.8 Å². The fourth-order valence-corrected chi connectivity index (χ4v) is 2.09. The number of benzene rings is 1. The van der Waals surface area contributed by atoms with Crippen molar-refractivity contribution in [3.05, 3.63) is 46.7 Å². The average Bonchev–Trinajstić information content (AvgIpc) is 2.89. The maximum Gasteiger partial charge on any atom is 0.320 e. The summed E-state index contributed by atoms with van der Waals surface area (Å²) in [5.41, 5.74) is 0.855. The van der Waals surface area contributed by atoms with Gasteiger partial charge in [0.2, 0.25) is 0 Å². The molecule has 5 nitrogen and oxygen atoms in total. The highest BCUT2D eigenvalue weighted by molar-refractivity contribution is 6.31. The maximum absolute atomic E-state index is 11.8. The Morgan fingerprint density at radius 3 is 2.68 bits per heavy atom. The molecular formula is C16H20ClN3O2. The van der Waals surface area contributed by atoms with E-state index in [1.807, 2.05) is 45.0 Å². The average molecular weight is 322 g/mol. The first kappa shape index (κ1) is 16.4. The molecule has 0 unspecified atom stereocenters. The van der Waals surface area contributed by atoms with Gasteiger partial charge in [-0.05, 0) is 18.1 Å². The lowest BCUT2D eigenvalue weighted by Crippen LogP contribution is -2.30. The summed E-state index contributed by atoms with van der Waals surface area (Å²) in [6.45, 7) is 6.53. The van der Waals surface area contributed by atoms with Gasteiger partial charge in [-0.25, -0.2) is 4.79 Å². The van der Waals surface area contributed by atoms with Crippen molar-refractivity contribution in [1.29, 1.82) is 0 Å². The standard InChI is InChI=1S/C16H20ClN3O2/c1-16(2,3)13-10-14(20-22-13)19-15(21)18-9-8-11-6-4-5-7-12(11)17/h4-7,10H,8-9H2,1-3H3,(H2,18,19,20,21). The molecule has 22 heavy (non-hydrogen) atoms. The molecule has 2 amide bonds. The molecule has 2 aromatic rings. The van der Waals surface area contributed by atoms with Crippen molar-refractivity contribution in [3.63, 3.8) is 0 Å². The third kappa shape index (κ3) is 4.49. The number of rotatable bonds is 4. The summed E-state index contributed by atoms with van der Waals surface area (Å²) in [4.78, 5) is 11.8. The fourth-order valence-electron chi connectivity index (χ4n) is 1.86. The molecule has 6 heteroatoms. The van der Waals surface area contributed by atoms with Crippen LogP contribution in [0.5, 0.6) is 0 Å². The molecule has 1 heterocycles. The minimum Gasteiger partial charge on any atom is -0.359 e. The number of halogens is 1. The van der Waals surface area contributed by atoms with Crippen LogP contribution in [0.3, 0.4) is 0 Å². The van der Waals surface area contributed by atoms with Gasteiger partial charge in [-0.1, -0.05) is 55.7 Å². The molecule has 0 aliphatic carbocycles. The van der Waals surface area contributed by atoms with Gasteiger partial charge in [0.25, 0.3) is 0 Å². The zero-order valence-electron chi connectivity index (χ0n) is 12.9. The van der Waals surface area contributed by atoms with E-state index in [-0.39, 0.29) is 11.4 Å². The molecule has 0 aliphatic rings. The number of hydrogen-bond donors (Lipinski definition) is 2. The zero-order chi connectivity index (χ0) is 16.2. The number of amides is 2. The van der Waals surface area contributed by atoms with Crippen LogP contribution in [-0.4, -0.2) is 17.7 Å². The number of aromatic nitrogens is 1. The van der Waals surface area contributed by atoms with Gasteiger partial charge in [-0.2, -0.15) is 0 Å². The van der Waals surface area contributed by atoms with Crippen molar-refractivity contribution >= 4 is 23.4 Å². The van der Waals surface area contributed by atoms with E-state index in [1.165, 1.54) is 0 Å². The summed E-state index contributed by atoms with van der Waals surface area (Å²) < 4.78 is 5.21. The Balaban J connectivity index is 1.81. The van der Waals surface area contributed by atoms with Gasteiger partial charge in [0.1, 0.15) is 5.76 Å². The molecule has 0 fully saturated rings. The van der Waals surface area contributed by atoms with Crippen LogP contribution >= 0.6 is 11.6 Å². The summed E-state index contributed by atoms with van der Waals surface area (Å²) in [6.07, 6.45) is 0.666. The highest BCUT2D eigenvalue weighted by atomic mass is 35.5. The first-order valence-electron chi connectivity index (χ1n) is 7.12. The third-order valence-corrected chi connectivity index (χ3v) is 3.50. The van der Waals surface area contributed by atoms with Crippen molar-refractivity contribution in [1.82, 2.24) is 10.5 Å². The molecule has 0 bridgehead atoms. The number of nitrogens with zero attached hydrogens (tertiary/aromatic N) is 1. The van der Waals surface area contributed by atoms with Gasteiger partial charge in [0.15, 0.2) is 5.82 Å². The SMILES string of the molecule is CC(C)(C)c1cc(NC(=O)NCCc2ccccc2Cl)no1. The van der Waals surface area contributed by atoms with E-state index in [4.69, 9.17) is 16.1 Å². The minimum atomic E-state index is -0.319. The topological polar surface area (TPSA) is 67.2 Å². The predicted molar refractivity (Wildman–Crippen MR) is 87.4 cm³/mol. The number of carbonyl (C=O) groups is 1. The van der Waals surface area contributed by atoms with Gasteiger partial charge in [-0.3, -0.25) is 5.32 Å². The number of hydrogen-bond acceptors (Lipinski definition) is 3. The summed E-state index contributed by atoms with van der Waals surface area (Å²) in [5.74, 6) is 1.12. The van der Waals surface area contributed by atoms with E-state index in [1.54, 1.807) is 6.07 Å². The Labute approximate surface area is 135 Å². The highest BCUT2D eigenvalue weighted by Crippen LogP contribution is 2.24. The van der Waals surface area contributed by atoms with Crippen molar-refractivity contribution in [2.75, 3.05) is 11.9 Å². The van der Waals surface area contributed by atoms with E-state index >= 15 is 0 Å². The second kappa shape index (κ2) is 6.83. The smallest absolute Gasteiger partial charge is 0.320 e. The molecule has 2 N–H and O–H groups in total. The molecule has 0 spiro atoms. The Bertz CT molecular complexity index is 647.